The number of nitrogens with zero attached hydrogens (tertiary/aromatic N) is 3. The monoisotopic (exact) mass is 253 g/mol. The average molecular weight is 253 g/mol. The summed E-state index contributed by atoms with van der Waals surface area (Å²) in [5.41, 5.74) is 2.34. The van der Waals surface area contributed by atoms with Gasteiger partial charge in [-0.2, -0.15) is 9.97 Å². The minimum absolute atomic E-state index is 0.0355. The van der Waals surface area contributed by atoms with Crippen LogP contribution in [0.5, 0.6) is 12.0 Å². The molecule has 100 valence electrons. The molecule has 3 N–H and O–H groups in total. The summed E-state index contributed by atoms with van der Waals surface area (Å²) in [6.45, 7) is 7.90. The number of aromatic nitrogens is 3. The molecule has 1 heterocycles. The minimum atomic E-state index is -0.0355. The van der Waals surface area contributed by atoms with Gasteiger partial charge in [0.25, 0.3) is 0 Å². The van der Waals surface area contributed by atoms with Gasteiger partial charge in [0.2, 0.25) is 5.95 Å². The highest BCUT2D eigenvalue weighted by molar-refractivity contribution is 5.25. The third kappa shape index (κ3) is 4.96. The number of allylic oxidation sites excluding steroid dienone is 1. The molecular formula is C11H19N5O2. The van der Waals surface area contributed by atoms with E-state index in [0.717, 1.165) is 12.8 Å². The summed E-state index contributed by atoms with van der Waals surface area (Å²) in [5, 5.41) is 0. The topological polar surface area (TPSA) is 95.2 Å². The Labute approximate surface area is 106 Å². The molecular weight excluding hydrogens is 234 g/mol. The predicted octanol–water partition coefficient (Wildman–Crippen LogP) is 1.29. The average Bonchev–Trinajstić information content (AvgIpc) is 2.33. The molecule has 0 saturated heterocycles. The van der Waals surface area contributed by atoms with Crippen LogP contribution in [-0.2, 0) is 0 Å². The van der Waals surface area contributed by atoms with Gasteiger partial charge in [-0.1, -0.05) is 6.08 Å². The van der Waals surface area contributed by atoms with E-state index < -0.39 is 0 Å². The van der Waals surface area contributed by atoms with Crippen molar-refractivity contribution in [3.8, 4) is 12.0 Å². The maximum absolute atomic E-state index is 5.39. The van der Waals surface area contributed by atoms with Gasteiger partial charge in [0.1, 0.15) is 0 Å². The summed E-state index contributed by atoms with van der Waals surface area (Å²) in [5.74, 6) is 5.48. The lowest BCUT2D eigenvalue weighted by atomic mass is 10.3. The number of anilines is 1. The molecule has 0 spiro atoms. The lowest BCUT2D eigenvalue weighted by molar-refractivity contribution is 0.213. The van der Waals surface area contributed by atoms with Crippen molar-refractivity contribution in [2.24, 2.45) is 5.84 Å². The summed E-state index contributed by atoms with van der Waals surface area (Å²) < 4.78 is 10.8. The van der Waals surface area contributed by atoms with Crippen molar-refractivity contribution < 1.29 is 9.47 Å². The molecule has 7 heteroatoms. The van der Waals surface area contributed by atoms with Gasteiger partial charge in [-0.3, -0.25) is 5.43 Å². The maximum atomic E-state index is 5.39. The summed E-state index contributed by atoms with van der Waals surface area (Å²) in [4.78, 5) is 12.0. The van der Waals surface area contributed by atoms with Crippen molar-refractivity contribution in [1.29, 1.82) is 0 Å². The molecule has 0 bridgehead atoms. The number of hydrogen-bond donors (Lipinski definition) is 2. The molecule has 1 aromatic rings. The molecule has 0 aliphatic rings. The third-order valence-electron chi connectivity index (χ3n) is 1.85. The summed E-state index contributed by atoms with van der Waals surface area (Å²) in [7, 11) is 0. The number of unbranched alkanes of at least 4 members (excludes halogenated alkanes) is 1. The zero-order valence-corrected chi connectivity index (χ0v) is 10.7. The Balaban J connectivity index is 2.67. The molecule has 1 aromatic heterocycles. The van der Waals surface area contributed by atoms with Gasteiger partial charge in [-0.05, 0) is 26.7 Å². The third-order valence-corrected chi connectivity index (χ3v) is 1.85. The van der Waals surface area contributed by atoms with E-state index in [1.807, 2.05) is 19.9 Å². The number of nitrogens with two attached hydrogens (primary N) is 1. The van der Waals surface area contributed by atoms with E-state index in [0.29, 0.717) is 6.61 Å². The van der Waals surface area contributed by atoms with Crippen LogP contribution in [-0.4, -0.2) is 27.7 Å². The van der Waals surface area contributed by atoms with Crippen molar-refractivity contribution in [1.82, 2.24) is 15.0 Å². The van der Waals surface area contributed by atoms with Crippen LogP contribution >= 0.6 is 0 Å². The second-order valence-corrected chi connectivity index (χ2v) is 3.81. The molecule has 0 aromatic carbocycles. The fourth-order valence-corrected chi connectivity index (χ4v) is 1.12. The normalized spacial score (nSPS) is 10.2. The number of rotatable bonds is 8. The van der Waals surface area contributed by atoms with Crippen LogP contribution in [0, 0.1) is 0 Å². The molecule has 0 amide bonds. The Morgan fingerprint density at radius 2 is 2.06 bits per heavy atom. The van der Waals surface area contributed by atoms with Gasteiger partial charge in [0.05, 0.1) is 12.7 Å². The highest BCUT2D eigenvalue weighted by Gasteiger charge is 2.09. The van der Waals surface area contributed by atoms with Crippen molar-refractivity contribution in [2.75, 3.05) is 12.0 Å². The lowest BCUT2D eigenvalue weighted by Crippen LogP contribution is -2.15. The zero-order valence-electron chi connectivity index (χ0n) is 10.7. The van der Waals surface area contributed by atoms with E-state index in [9.17, 15) is 0 Å². The molecule has 18 heavy (non-hydrogen) atoms. The van der Waals surface area contributed by atoms with E-state index in [-0.39, 0.29) is 24.1 Å². The van der Waals surface area contributed by atoms with Crippen LogP contribution in [0.3, 0.4) is 0 Å². The highest BCUT2D eigenvalue weighted by atomic mass is 16.5. The molecule has 0 radical (unpaired) electrons. The van der Waals surface area contributed by atoms with Crippen molar-refractivity contribution >= 4 is 5.95 Å². The summed E-state index contributed by atoms with van der Waals surface area (Å²) in [6, 6.07) is 0.379. The van der Waals surface area contributed by atoms with Crippen LogP contribution in [0.2, 0.25) is 0 Å². The molecule has 1 rings (SSSR count). The summed E-state index contributed by atoms with van der Waals surface area (Å²) in [6.07, 6.45) is 3.52. The molecule has 0 aliphatic heterocycles. The minimum Gasteiger partial charge on any atom is -0.463 e. The first-order valence-corrected chi connectivity index (χ1v) is 5.78. The van der Waals surface area contributed by atoms with Crippen LogP contribution in [0.15, 0.2) is 12.7 Å². The van der Waals surface area contributed by atoms with Crippen LogP contribution in [0.25, 0.3) is 0 Å². The smallest absolute Gasteiger partial charge is 0.324 e. The van der Waals surface area contributed by atoms with Gasteiger partial charge < -0.3 is 9.47 Å². The Bertz CT molecular complexity index is 384. The van der Waals surface area contributed by atoms with E-state index in [1.54, 1.807) is 0 Å². The van der Waals surface area contributed by atoms with Crippen LogP contribution in [0.1, 0.15) is 26.7 Å². The Morgan fingerprint density at radius 3 is 2.67 bits per heavy atom. The molecule has 0 atom stereocenters. The van der Waals surface area contributed by atoms with Gasteiger partial charge in [-0.25, -0.2) is 5.84 Å². The summed E-state index contributed by atoms with van der Waals surface area (Å²) >= 11 is 0. The lowest BCUT2D eigenvalue weighted by Gasteiger charge is -2.10. The SMILES string of the molecule is C=CCCCOc1nc(NN)nc(OC(C)C)n1. The number of nitrogens with one attached hydrogen (secondary N) is 1. The van der Waals surface area contributed by atoms with Crippen LogP contribution in [0.4, 0.5) is 5.95 Å². The zero-order chi connectivity index (χ0) is 13.4. The maximum Gasteiger partial charge on any atom is 0.324 e. The van der Waals surface area contributed by atoms with Gasteiger partial charge in [0, 0.05) is 0 Å². The first-order chi connectivity index (χ1) is 8.65. The van der Waals surface area contributed by atoms with Crippen LogP contribution < -0.4 is 20.7 Å². The van der Waals surface area contributed by atoms with Gasteiger partial charge in [-0.15, -0.1) is 11.6 Å². The van der Waals surface area contributed by atoms with Crippen molar-refractivity contribution in [3.63, 3.8) is 0 Å². The number of nitrogen functional groups attached to an aromatic ring is 1. The second-order valence-electron chi connectivity index (χ2n) is 3.81. The van der Waals surface area contributed by atoms with Gasteiger partial charge in [0.15, 0.2) is 0 Å². The first kappa shape index (κ1) is 14.2. The Kier molecular flexibility index (Phi) is 5.86. The van der Waals surface area contributed by atoms with Crippen molar-refractivity contribution in [3.05, 3.63) is 12.7 Å². The molecule has 7 nitrogen and oxygen atoms in total. The quantitative estimate of drug-likeness (QED) is 0.312. The van der Waals surface area contributed by atoms with Crippen molar-refractivity contribution in [2.45, 2.75) is 32.8 Å². The molecule has 0 aliphatic carbocycles. The Hall–Kier alpha value is -1.89. The highest BCUT2D eigenvalue weighted by Crippen LogP contribution is 2.13. The predicted molar refractivity (Wildman–Crippen MR) is 68.3 cm³/mol. The number of hydrogen-bond acceptors (Lipinski definition) is 7. The first-order valence-electron chi connectivity index (χ1n) is 5.78. The van der Waals surface area contributed by atoms with E-state index in [4.69, 9.17) is 15.3 Å². The fraction of sp³-hybridized carbons (Fsp3) is 0.545. The van der Waals surface area contributed by atoms with E-state index in [1.165, 1.54) is 0 Å². The van der Waals surface area contributed by atoms with Gasteiger partial charge >= 0.3 is 12.0 Å². The molecule has 0 fully saturated rings. The number of hydrazine groups is 1. The largest absolute Gasteiger partial charge is 0.463 e. The van der Waals surface area contributed by atoms with E-state index >= 15 is 0 Å². The molecule has 0 unspecified atom stereocenters. The van der Waals surface area contributed by atoms with E-state index in [2.05, 4.69) is 27.0 Å². The molecule has 0 saturated carbocycles. The fourth-order valence-electron chi connectivity index (χ4n) is 1.12. The second kappa shape index (κ2) is 7.44. The number of ether oxygens (including phenoxy) is 2. The Morgan fingerprint density at radius 1 is 1.33 bits per heavy atom. The standard InChI is InChI=1S/C11H19N5O2/c1-4-5-6-7-17-10-13-9(16-12)14-11(15-10)18-8(2)3/h4,8H,1,5-7,12H2,2-3H3,(H,13,14,15,16).